The Morgan fingerprint density at radius 1 is 1.24 bits per heavy atom. The van der Waals surface area contributed by atoms with E-state index in [1.165, 1.54) is 17.5 Å². The Kier molecular flexibility index (Phi) is 4.59. The van der Waals surface area contributed by atoms with Gasteiger partial charge in [-0.15, -0.1) is 0 Å². The van der Waals surface area contributed by atoms with E-state index in [9.17, 15) is 4.79 Å². The van der Waals surface area contributed by atoms with E-state index in [1.54, 1.807) is 0 Å². The largest absolute Gasteiger partial charge is 0.372 e. The third-order valence-electron chi connectivity index (χ3n) is 4.88. The average Bonchev–Trinajstić information content (AvgIpc) is 2.45. The summed E-state index contributed by atoms with van der Waals surface area (Å²) in [6.07, 6.45) is 5.73. The summed E-state index contributed by atoms with van der Waals surface area (Å²) in [7, 11) is 0. The molecule has 0 unspecified atom stereocenters. The number of hydrogen-bond donors (Lipinski definition) is 0. The molecule has 3 heteroatoms. The minimum Gasteiger partial charge on any atom is -0.372 e. The number of carbonyl (C=O) groups is 1. The Labute approximate surface area is 127 Å². The van der Waals surface area contributed by atoms with Gasteiger partial charge in [-0.3, -0.25) is 4.79 Å². The SMILES string of the molecule is Cc1ccccc1CO[C@H]1CCCN(C(=O)C2CCC2)C1. The maximum atomic E-state index is 12.3. The molecule has 1 amide bonds. The molecule has 1 aromatic rings. The maximum absolute atomic E-state index is 12.3. The first kappa shape index (κ1) is 14.6. The molecule has 1 saturated carbocycles. The first-order chi connectivity index (χ1) is 10.2. The highest BCUT2D eigenvalue weighted by molar-refractivity contribution is 5.79. The molecule has 1 aromatic carbocycles. The first-order valence-corrected chi connectivity index (χ1v) is 8.19. The fraction of sp³-hybridized carbons (Fsp3) is 0.611. The number of aryl methyl sites for hydroxylation is 1. The molecule has 114 valence electrons. The molecule has 1 aliphatic heterocycles. The van der Waals surface area contributed by atoms with Crippen LogP contribution in [0.1, 0.15) is 43.2 Å². The van der Waals surface area contributed by atoms with Crippen LogP contribution < -0.4 is 0 Å². The smallest absolute Gasteiger partial charge is 0.225 e. The molecular weight excluding hydrogens is 262 g/mol. The molecule has 0 aromatic heterocycles. The molecular formula is C18H25NO2. The highest BCUT2D eigenvalue weighted by Crippen LogP contribution is 2.29. The summed E-state index contributed by atoms with van der Waals surface area (Å²) in [5.41, 5.74) is 2.52. The Morgan fingerprint density at radius 3 is 2.76 bits per heavy atom. The van der Waals surface area contributed by atoms with Gasteiger partial charge in [0.1, 0.15) is 0 Å². The van der Waals surface area contributed by atoms with Crippen LogP contribution in [0, 0.1) is 12.8 Å². The number of ether oxygens (including phenoxy) is 1. The van der Waals surface area contributed by atoms with Crippen molar-refractivity contribution in [1.82, 2.24) is 4.90 Å². The molecule has 3 nitrogen and oxygen atoms in total. The van der Waals surface area contributed by atoms with Gasteiger partial charge in [-0.2, -0.15) is 0 Å². The Bertz CT molecular complexity index is 496. The third-order valence-corrected chi connectivity index (χ3v) is 4.88. The highest BCUT2D eigenvalue weighted by atomic mass is 16.5. The Morgan fingerprint density at radius 2 is 2.05 bits per heavy atom. The van der Waals surface area contributed by atoms with Crippen LogP contribution in [0.4, 0.5) is 0 Å². The molecule has 21 heavy (non-hydrogen) atoms. The topological polar surface area (TPSA) is 29.5 Å². The fourth-order valence-electron chi connectivity index (χ4n) is 3.17. The Hall–Kier alpha value is -1.35. The lowest BCUT2D eigenvalue weighted by Gasteiger charge is -2.37. The summed E-state index contributed by atoms with van der Waals surface area (Å²) in [6, 6.07) is 8.35. The molecule has 0 bridgehead atoms. The van der Waals surface area contributed by atoms with Gasteiger partial charge in [0.25, 0.3) is 0 Å². The van der Waals surface area contributed by atoms with E-state index in [4.69, 9.17) is 4.74 Å². The second-order valence-corrected chi connectivity index (χ2v) is 6.41. The van der Waals surface area contributed by atoms with Crippen molar-refractivity contribution in [1.29, 1.82) is 0 Å². The van der Waals surface area contributed by atoms with Gasteiger partial charge in [0.15, 0.2) is 0 Å². The van der Waals surface area contributed by atoms with Crippen LogP contribution in [-0.2, 0) is 16.1 Å². The quantitative estimate of drug-likeness (QED) is 0.850. The van der Waals surface area contributed by atoms with Gasteiger partial charge in [-0.05, 0) is 43.7 Å². The predicted molar refractivity (Wildman–Crippen MR) is 82.9 cm³/mol. The summed E-state index contributed by atoms with van der Waals surface area (Å²) < 4.78 is 6.07. The molecule has 2 aliphatic rings. The van der Waals surface area contributed by atoms with E-state index in [2.05, 4.69) is 31.2 Å². The molecule has 0 radical (unpaired) electrons. The minimum atomic E-state index is 0.197. The average molecular weight is 287 g/mol. The van der Waals surface area contributed by atoms with Crippen molar-refractivity contribution in [2.45, 2.75) is 51.7 Å². The normalized spacial score (nSPS) is 22.9. The summed E-state index contributed by atoms with van der Waals surface area (Å²) >= 11 is 0. The maximum Gasteiger partial charge on any atom is 0.225 e. The van der Waals surface area contributed by atoms with Crippen LogP contribution in [0.5, 0.6) is 0 Å². The summed E-state index contributed by atoms with van der Waals surface area (Å²) in [5, 5.41) is 0. The van der Waals surface area contributed by atoms with Crippen LogP contribution in [0.15, 0.2) is 24.3 Å². The predicted octanol–water partition coefficient (Wildman–Crippen LogP) is 3.30. The van der Waals surface area contributed by atoms with Gasteiger partial charge in [-0.1, -0.05) is 30.7 Å². The van der Waals surface area contributed by atoms with Crippen LogP contribution in [0.25, 0.3) is 0 Å². The molecule has 0 N–H and O–H groups in total. The Balaban J connectivity index is 1.51. The van der Waals surface area contributed by atoms with Crippen molar-refractivity contribution in [3.05, 3.63) is 35.4 Å². The van der Waals surface area contributed by atoms with E-state index in [0.717, 1.165) is 38.8 Å². The number of carbonyl (C=O) groups excluding carboxylic acids is 1. The number of amides is 1. The number of piperidine rings is 1. The zero-order valence-corrected chi connectivity index (χ0v) is 12.9. The second kappa shape index (κ2) is 6.61. The van der Waals surface area contributed by atoms with Crippen molar-refractivity contribution < 1.29 is 9.53 Å². The zero-order chi connectivity index (χ0) is 14.7. The van der Waals surface area contributed by atoms with Crippen molar-refractivity contribution in [3.63, 3.8) is 0 Å². The lowest BCUT2D eigenvalue weighted by Crippen LogP contribution is -2.46. The van der Waals surface area contributed by atoms with Crippen molar-refractivity contribution in [2.24, 2.45) is 5.92 Å². The monoisotopic (exact) mass is 287 g/mol. The van der Waals surface area contributed by atoms with Gasteiger partial charge in [0.2, 0.25) is 5.91 Å². The molecule has 1 aliphatic carbocycles. The van der Waals surface area contributed by atoms with Crippen molar-refractivity contribution in [3.8, 4) is 0 Å². The van der Waals surface area contributed by atoms with Gasteiger partial charge >= 0.3 is 0 Å². The summed E-state index contributed by atoms with van der Waals surface area (Å²) in [5.74, 6) is 0.672. The minimum absolute atomic E-state index is 0.197. The molecule has 3 rings (SSSR count). The van der Waals surface area contributed by atoms with Gasteiger partial charge in [0.05, 0.1) is 12.7 Å². The third kappa shape index (κ3) is 3.46. The molecule has 1 atom stereocenters. The van der Waals surface area contributed by atoms with Gasteiger partial charge in [0, 0.05) is 19.0 Å². The summed E-state index contributed by atoms with van der Waals surface area (Å²) in [4.78, 5) is 14.4. The van der Waals surface area contributed by atoms with Crippen LogP contribution in [-0.4, -0.2) is 30.0 Å². The first-order valence-electron chi connectivity index (χ1n) is 8.19. The van der Waals surface area contributed by atoms with E-state index in [0.29, 0.717) is 18.4 Å². The standard InChI is InChI=1S/C18H25NO2/c1-14-6-2-3-7-16(14)13-21-17-10-5-11-19(12-17)18(20)15-8-4-9-15/h2-3,6-7,15,17H,4-5,8-13H2,1H3/t17-/m0/s1. The lowest BCUT2D eigenvalue weighted by atomic mass is 9.84. The van der Waals surface area contributed by atoms with Crippen LogP contribution >= 0.6 is 0 Å². The van der Waals surface area contributed by atoms with Gasteiger partial charge in [-0.25, -0.2) is 0 Å². The molecule has 0 spiro atoms. The second-order valence-electron chi connectivity index (χ2n) is 6.41. The van der Waals surface area contributed by atoms with Gasteiger partial charge < -0.3 is 9.64 Å². The van der Waals surface area contributed by atoms with E-state index in [-0.39, 0.29) is 6.10 Å². The van der Waals surface area contributed by atoms with E-state index >= 15 is 0 Å². The van der Waals surface area contributed by atoms with Crippen molar-refractivity contribution >= 4 is 5.91 Å². The van der Waals surface area contributed by atoms with Crippen molar-refractivity contribution in [2.75, 3.05) is 13.1 Å². The molecule has 1 heterocycles. The van der Waals surface area contributed by atoms with E-state index in [1.807, 2.05) is 4.90 Å². The number of benzene rings is 1. The lowest BCUT2D eigenvalue weighted by molar-refractivity contribution is -0.142. The summed E-state index contributed by atoms with van der Waals surface area (Å²) in [6.45, 7) is 4.47. The van der Waals surface area contributed by atoms with Crippen LogP contribution in [0.3, 0.4) is 0 Å². The fourth-order valence-corrected chi connectivity index (χ4v) is 3.17. The zero-order valence-electron chi connectivity index (χ0n) is 12.9. The molecule has 1 saturated heterocycles. The number of nitrogens with zero attached hydrogens (tertiary/aromatic N) is 1. The number of hydrogen-bond acceptors (Lipinski definition) is 2. The highest BCUT2D eigenvalue weighted by Gasteiger charge is 2.32. The molecule has 2 fully saturated rings. The number of rotatable bonds is 4. The van der Waals surface area contributed by atoms with Crippen LogP contribution in [0.2, 0.25) is 0 Å². The number of likely N-dealkylation sites (tertiary alicyclic amines) is 1. The van der Waals surface area contributed by atoms with E-state index < -0.39 is 0 Å².